The lowest BCUT2D eigenvalue weighted by Gasteiger charge is -2.32. The van der Waals surface area contributed by atoms with Gasteiger partial charge in [-0.2, -0.15) is 5.26 Å². The summed E-state index contributed by atoms with van der Waals surface area (Å²) in [5.41, 5.74) is 1.33. The van der Waals surface area contributed by atoms with Crippen LogP contribution in [0.4, 0.5) is 0 Å². The molecule has 0 saturated carbocycles. The largest absolute Gasteiger partial charge is 0.496 e. The standard InChI is InChI=1S/C14H16BN3O2/c1-13(2)14(3,4)20-15(19-13)10-5-6-12-17-11(7-16)9-18(12)8-10/h5-6,8-9H,1-4H3. The fraction of sp³-hybridized carbons (Fsp3) is 0.429. The number of pyridine rings is 1. The van der Waals surface area contributed by atoms with Crippen LogP contribution in [-0.2, 0) is 9.31 Å². The van der Waals surface area contributed by atoms with Crippen LogP contribution in [0.5, 0.6) is 0 Å². The molecule has 1 aliphatic heterocycles. The van der Waals surface area contributed by atoms with E-state index in [0.29, 0.717) is 5.69 Å². The van der Waals surface area contributed by atoms with E-state index in [0.717, 1.165) is 11.1 Å². The summed E-state index contributed by atoms with van der Waals surface area (Å²) in [6.45, 7) is 8.10. The zero-order chi connectivity index (χ0) is 14.5. The van der Waals surface area contributed by atoms with E-state index in [-0.39, 0.29) is 11.2 Å². The molecule has 0 bridgehead atoms. The third-order valence-corrected chi connectivity index (χ3v) is 4.11. The zero-order valence-corrected chi connectivity index (χ0v) is 12.0. The van der Waals surface area contributed by atoms with E-state index in [1.807, 2.05) is 56.5 Å². The summed E-state index contributed by atoms with van der Waals surface area (Å²) in [5.74, 6) is 0. The fourth-order valence-electron chi connectivity index (χ4n) is 2.18. The minimum absolute atomic E-state index is 0.362. The predicted molar refractivity (Wildman–Crippen MR) is 75.6 cm³/mol. The van der Waals surface area contributed by atoms with E-state index < -0.39 is 7.12 Å². The second-order valence-electron chi connectivity index (χ2n) is 6.05. The number of fused-ring (bicyclic) bond motifs is 1. The number of rotatable bonds is 1. The van der Waals surface area contributed by atoms with Crippen LogP contribution in [0.15, 0.2) is 24.5 Å². The normalized spacial score (nSPS) is 20.2. The van der Waals surface area contributed by atoms with Gasteiger partial charge >= 0.3 is 7.12 Å². The first-order valence-corrected chi connectivity index (χ1v) is 6.57. The molecule has 2 aromatic heterocycles. The molecule has 0 aromatic carbocycles. The molecule has 0 amide bonds. The average molecular weight is 269 g/mol. The van der Waals surface area contributed by atoms with Crippen molar-refractivity contribution in [3.63, 3.8) is 0 Å². The molecule has 2 aromatic rings. The van der Waals surface area contributed by atoms with Gasteiger partial charge in [0.15, 0.2) is 5.69 Å². The van der Waals surface area contributed by atoms with Crippen LogP contribution in [-0.4, -0.2) is 27.7 Å². The van der Waals surface area contributed by atoms with Crippen LogP contribution in [0.1, 0.15) is 33.4 Å². The van der Waals surface area contributed by atoms with E-state index in [1.165, 1.54) is 0 Å². The van der Waals surface area contributed by atoms with Crippen molar-refractivity contribution >= 4 is 18.2 Å². The Morgan fingerprint density at radius 2 is 1.80 bits per heavy atom. The number of hydrogen-bond acceptors (Lipinski definition) is 4. The lowest BCUT2D eigenvalue weighted by atomic mass is 9.80. The highest BCUT2D eigenvalue weighted by atomic mass is 16.7. The molecule has 5 nitrogen and oxygen atoms in total. The number of nitriles is 1. The molecule has 6 heteroatoms. The first-order valence-electron chi connectivity index (χ1n) is 6.57. The number of hydrogen-bond donors (Lipinski definition) is 0. The topological polar surface area (TPSA) is 59.5 Å². The van der Waals surface area contributed by atoms with Crippen LogP contribution in [0, 0.1) is 11.3 Å². The summed E-state index contributed by atoms with van der Waals surface area (Å²) in [6.07, 6.45) is 3.59. The molecule has 0 N–H and O–H groups in total. The average Bonchev–Trinajstić information content (AvgIpc) is 2.87. The molecule has 3 heterocycles. The maximum atomic E-state index is 8.88. The second-order valence-corrected chi connectivity index (χ2v) is 6.05. The third-order valence-electron chi connectivity index (χ3n) is 4.11. The highest BCUT2D eigenvalue weighted by Crippen LogP contribution is 2.36. The first-order chi connectivity index (χ1) is 9.32. The van der Waals surface area contributed by atoms with Crippen molar-refractivity contribution in [2.24, 2.45) is 0 Å². The summed E-state index contributed by atoms with van der Waals surface area (Å²) >= 11 is 0. The van der Waals surface area contributed by atoms with Gasteiger partial charge in [-0.1, -0.05) is 6.07 Å². The van der Waals surface area contributed by atoms with Gasteiger partial charge in [0, 0.05) is 12.4 Å². The molecule has 1 saturated heterocycles. The van der Waals surface area contributed by atoms with Gasteiger partial charge in [0.25, 0.3) is 0 Å². The van der Waals surface area contributed by atoms with Crippen LogP contribution in [0.3, 0.4) is 0 Å². The molecule has 0 aliphatic carbocycles. The van der Waals surface area contributed by atoms with E-state index >= 15 is 0 Å². The number of nitrogens with zero attached hydrogens (tertiary/aromatic N) is 3. The van der Waals surface area contributed by atoms with Gasteiger partial charge < -0.3 is 13.7 Å². The molecule has 0 unspecified atom stereocenters. The summed E-state index contributed by atoms with van der Waals surface area (Å²) in [6, 6.07) is 5.82. The molecule has 0 atom stereocenters. The van der Waals surface area contributed by atoms with E-state index in [4.69, 9.17) is 14.6 Å². The molecule has 102 valence electrons. The Balaban J connectivity index is 1.98. The summed E-state index contributed by atoms with van der Waals surface area (Å²) in [5, 5.41) is 8.88. The number of aromatic nitrogens is 2. The van der Waals surface area contributed by atoms with E-state index in [9.17, 15) is 0 Å². The molecule has 0 spiro atoms. The Hall–Kier alpha value is -1.84. The van der Waals surface area contributed by atoms with E-state index in [1.54, 1.807) is 6.20 Å². The molecule has 0 radical (unpaired) electrons. The minimum Gasteiger partial charge on any atom is -0.399 e. The van der Waals surface area contributed by atoms with Crippen molar-refractivity contribution < 1.29 is 9.31 Å². The molecular formula is C14H16BN3O2. The third kappa shape index (κ3) is 1.91. The summed E-state index contributed by atoms with van der Waals surface area (Å²) in [4.78, 5) is 4.18. The highest BCUT2D eigenvalue weighted by molar-refractivity contribution is 6.62. The van der Waals surface area contributed by atoms with Gasteiger partial charge in [0.05, 0.1) is 11.2 Å². The molecule has 1 aliphatic rings. The summed E-state index contributed by atoms with van der Waals surface area (Å²) in [7, 11) is -0.405. The fourth-order valence-corrected chi connectivity index (χ4v) is 2.18. The summed E-state index contributed by atoms with van der Waals surface area (Å²) < 4.78 is 13.8. The lowest BCUT2D eigenvalue weighted by molar-refractivity contribution is 0.00578. The van der Waals surface area contributed by atoms with Crippen LogP contribution >= 0.6 is 0 Å². The molecule has 3 rings (SSSR count). The van der Waals surface area contributed by atoms with Crippen molar-refractivity contribution in [2.45, 2.75) is 38.9 Å². The Kier molecular flexibility index (Phi) is 2.68. The smallest absolute Gasteiger partial charge is 0.399 e. The molecular weight excluding hydrogens is 253 g/mol. The monoisotopic (exact) mass is 269 g/mol. The van der Waals surface area contributed by atoms with Crippen molar-refractivity contribution in [2.75, 3.05) is 0 Å². The van der Waals surface area contributed by atoms with Crippen LogP contribution in [0.2, 0.25) is 0 Å². The van der Waals surface area contributed by atoms with Gasteiger partial charge in [-0.25, -0.2) is 4.98 Å². The van der Waals surface area contributed by atoms with E-state index in [2.05, 4.69) is 4.98 Å². The maximum Gasteiger partial charge on any atom is 0.496 e. The van der Waals surface area contributed by atoms with Crippen molar-refractivity contribution in [3.05, 3.63) is 30.2 Å². The Morgan fingerprint density at radius 1 is 1.15 bits per heavy atom. The zero-order valence-electron chi connectivity index (χ0n) is 12.0. The van der Waals surface area contributed by atoms with Gasteiger partial charge in [0.2, 0.25) is 0 Å². The molecule has 20 heavy (non-hydrogen) atoms. The van der Waals surface area contributed by atoms with Crippen LogP contribution in [0.25, 0.3) is 5.65 Å². The highest BCUT2D eigenvalue weighted by Gasteiger charge is 2.51. The second kappa shape index (κ2) is 4.08. The Bertz CT molecular complexity index is 699. The SMILES string of the molecule is CC1(C)OB(c2ccc3nc(C#N)cn3c2)OC1(C)C. The minimum atomic E-state index is -0.405. The van der Waals surface area contributed by atoms with Crippen molar-refractivity contribution in [3.8, 4) is 6.07 Å². The molecule has 1 fully saturated rings. The number of imidazole rings is 1. The van der Waals surface area contributed by atoms with Gasteiger partial charge in [-0.15, -0.1) is 0 Å². The van der Waals surface area contributed by atoms with Crippen molar-refractivity contribution in [1.29, 1.82) is 5.26 Å². The lowest BCUT2D eigenvalue weighted by Crippen LogP contribution is -2.41. The Morgan fingerprint density at radius 3 is 2.40 bits per heavy atom. The quantitative estimate of drug-likeness (QED) is 0.736. The van der Waals surface area contributed by atoms with Gasteiger partial charge in [0.1, 0.15) is 11.7 Å². The predicted octanol–water partition coefficient (Wildman–Crippen LogP) is 1.51. The first kappa shape index (κ1) is 13.2. The maximum absolute atomic E-state index is 8.88. The van der Waals surface area contributed by atoms with Gasteiger partial charge in [-0.3, -0.25) is 0 Å². The van der Waals surface area contributed by atoms with Crippen LogP contribution < -0.4 is 5.46 Å². The van der Waals surface area contributed by atoms with Crippen molar-refractivity contribution in [1.82, 2.24) is 9.38 Å². The Labute approximate surface area is 118 Å². The van der Waals surface area contributed by atoms with Gasteiger partial charge in [-0.05, 0) is 39.2 Å².